The Hall–Kier alpha value is -2.87. The maximum absolute atomic E-state index is 13.5. The van der Waals surface area contributed by atoms with E-state index in [1.807, 2.05) is 19.1 Å². The summed E-state index contributed by atoms with van der Waals surface area (Å²) in [5, 5.41) is 2.64. The fourth-order valence-electron chi connectivity index (χ4n) is 3.38. The summed E-state index contributed by atoms with van der Waals surface area (Å²) in [4.78, 5) is 31.4. The Morgan fingerprint density at radius 3 is 2.67 bits per heavy atom. The molecule has 0 aliphatic carbocycles. The molecule has 0 radical (unpaired) electrons. The van der Waals surface area contributed by atoms with E-state index in [0.29, 0.717) is 29.7 Å². The molecule has 0 bridgehead atoms. The zero-order chi connectivity index (χ0) is 23.6. The molecule has 1 atom stereocenters. The van der Waals surface area contributed by atoms with Gasteiger partial charge in [0.25, 0.3) is 0 Å². The Labute approximate surface area is 198 Å². The van der Waals surface area contributed by atoms with Crippen LogP contribution >= 0.6 is 11.8 Å². The zero-order valence-electron chi connectivity index (χ0n) is 19.1. The average Bonchev–Trinajstić information content (AvgIpc) is 2.80. The normalized spacial score (nSPS) is 17.3. The number of aliphatic imine (C=N–C) groups is 1. The number of amidine groups is 1. The summed E-state index contributed by atoms with van der Waals surface area (Å²) in [6.45, 7) is 5.11. The second-order valence-corrected chi connectivity index (χ2v) is 8.92. The predicted octanol–water partition coefficient (Wildman–Crippen LogP) is 5.77. The van der Waals surface area contributed by atoms with Gasteiger partial charge in [-0.2, -0.15) is 0 Å². The molecule has 6 nitrogen and oxygen atoms in total. The highest BCUT2D eigenvalue weighted by Gasteiger charge is 2.35. The van der Waals surface area contributed by atoms with Crippen LogP contribution in [0.1, 0.15) is 46.0 Å². The minimum absolute atomic E-state index is 0.0749. The number of ether oxygens (including phenoxy) is 1. The standard InChI is InChI=1S/C25H30FN3O3S/c1-3-5-6-7-15-32-21-13-11-19(12-14-21)27-24(31)22-17-23(30)29(4-2)25(33-22)28-20-10-8-9-18(26)16-20/h8-14,16,22H,3-7,15,17H2,1-2H3,(H,27,31)/t22-/m1/s1. The number of carbonyl (C=O) groups is 2. The monoisotopic (exact) mass is 471 g/mol. The minimum atomic E-state index is -0.623. The van der Waals surface area contributed by atoms with E-state index in [1.165, 1.54) is 41.6 Å². The van der Waals surface area contributed by atoms with Crippen molar-refractivity contribution in [2.75, 3.05) is 18.5 Å². The van der Waals surface area contributed by atoms with Gasteiger partial charge in [-0.1, -0.05) is 44.0 Å². The molecule has 2 amide bonds. The molecule has 1 N–H and O–H groups in total. The van der Waals surface area contributed by atoms with Crippen molar-refractivity contribution in [3.63, 3.8) is 0 Å². The molecule has 3 rings (SSSR count). The lowest BCUT2D eigenvalue weighted by atomic mass is 10.2. The van der Waals surface area contributed by atoms with Gasteiger partial charge in [-0.15, -0.1) is 0 Å². The summed E-state index contributed by atoms with van der Waals surface area (Å²) in [5.74, 6) is -0.104. The van der Waals surface area contributed by atoms with E-state index in [2.05, 4.69) is 17.2 Å². The van der Waals surface area contributed by atoms with Crippen molar-refractivity contribution in [2.45, 2.75) is 51.2 Å². The molecule has 0 saturated carbocycles. The quantitative estimate of drug-likeness (QED) is 0.447. The van der Waals surface area contributed by atoms with Gasteiger partial charge in [0.05, 0.1) is 12.3 Å². The minimum Gasteiger partial charge on any atom is -0.494 e. The van der Waals surface area contributed by atoms with E-state index in [1.54, 1.807) is 24.3 Å². The lowest BCUT2D eigenvalue weighted by molar-refractivity contribution is -0.129. The first kappa shape index (κ1) is 24.8. The van der Waals surface area contributed by atoms with Gasteiger partial charge >= 0.3 is 0 Å². The number of nitrogens with one attached hydrogen (secondary N) is 1. The molecule has 1 fully saturated rings. The molecule has 1 aliphatic heterocycles. The van der Waals surface area contributed by atoms with Crippen molar-refractivity contribution >= 4 is 40.1 Å². The summed E-state index contributed by atoms with van der Waals surface area (Å²) in [6, 6.07) is 13.1. The van der Waals surface area contributed by atoms with Crippen LogP contribution in [0.2, 0.25) is 0 Å². The summed E-state index contributed by atoms with van der Waals surface area (Å²) in [5.41, 5.74) is 1.03. The van der Waals surface area contributed by atoms with Crippen LogP contribution in [0.3, 0.4) is 0 Å². The van der Waals surface area contributed by atoms with Crippen LogP contribution in [-0.4, -0.2) is 40.3 Å². The third kappa shape index (κ3) is 7.32. The number of unbranched alkanes of at least 4 members (excludes halogenated alkanes) is 3. The zero-order valence-corrected chi connectivity index (χ0v) is 19.9. The van der Waals surface area contributed by atoms with E-state index in [9.17, 15) is 14.0 Å². The summed E-state index contributed by atoms with van der Waals surface area (Å²) in [6.07, 6.45) is 4.65. The number of benzene rings is 2. The van der Waals surface area contributed by atoms with E-state index < -0.39 is 11.1 Å². The Balaban J connectivity index is 1.61. The van der Waals surface area contributed by atoms with Crippen LogP contribution in [-0.2, 0) is 9.59 Å². The lowest BCUT2D eigenvalue weighted by Crippen LogP contribution is -2.45. The molecule has 0 unspecified atom stereocenters. The van der Waals surface area contributed by atoms with Crippen LogP contribution in [0.25, 0.3) is 0 Å². The number of amides is 2. The molecule has 176 valence electrons. The second-order valence-electron chi connectivity index (χ2n) is 7.75. The Morgan fingerprint density at radius 1 is 1.18 bits per heavy atom. The summed E-state index contributed by atoms with van der Waals surface area (Å²) >= 11 is 1.21. The first-order chi connectivity index (χ1) is 16.0. The third-order valence-electron chi connectivity index (χ3n) is 5.17. The molecule has 1 saturated heterocycles. The van der Waals surface area contributed by atoms with Gasteiger partial charge in [0, 0.05) is 18.7 Å². The van der Waals surface area contributed by atoms with Gasteiger partial charge in [0.2, 0.25) is 11.8 Å². The molecule has 8 heteroatoms. The van der Waals surface area contributed by atoms with Gasteiger partial charge in [0.15, 0.2) is 5.17 Å². The number of carbonyl (C=O) groups excluding carboxylic acids is 2. The fourth-order valence-corrected chi connectivity index (χ4v) is 4.55. The van der Waals surface area contributed by atoms with Crippen LogP contribution in [0.4, 0.5) is 15.8 Å². The highest BCUT2D eigenvalue weighted by Crippen LogP contribution is 2.30. The molecule has 0 aromatic heterocycles. The summed E-state index contributed by atoms with van der Waals surface area (Å²) in [7, 11) is 0. The molecule has 1 heterocycles. The number of thioether (sulfide) groups is 1. The van der Waals surface area contributed by atoms with Gasteiger partial charge in [0.1, 0.15) is 16.8 Å². The van der Waals surface area contributed by atoms with Crippen molar-refractivity contribution < 1.29 is 18.7 Å². The number of halogens is 1. The second kappa shape index (κ2) is 12.4. The molecule has 33 heavy (non-hydrogen) atoms. The van der Waals surface area contributed by atoms with E-state index in [-0.39, 0.29) is 18.2 Å². The lowest BCUT2D eigenvalue weighted by Gasteiger charge is -2.30. The average molecular weight is 472 g/mol. The number of anilines is 1. The Morgan fingerprint density at radius 2 is 1.97 bits per heavy atom. The largest absolute Gasteiger partial charge is 0.494 e. The first-order valence-corrected chi connectivity index (χ1v) is 12.2. The van der Waals surface area contributed by atoms with Crippen molar-refractivity contribution in [3.8, 4) is 5.75 Å². The fraction of sp³-hybridized carbons (Fsp3) is 0.400. The van der Waals surface area contributed by atoms with Crippen LogP contribution in [0.5, 0.6) is 5.75 Å². The van der Waals surface area contributed by atoms with E-state index in [4.69, 9.17) is 4.74 Å². The van der Waals surface area contributed by atoms with Crippen molar-refractivity contribution in [3.05, 3.63) is 54.3 Å². The summed E-state index contributed by atoms with van der Waals surface area (Å²) < 4.78 is 19.3. The Bertz CT molecular complexity index is 981. The van der Waals surface area contributed by atoms with E-state index in [0.717, 1.165) is 18.6 Å². The highest BCUT2D eigenvalue weighted by molar-refractivity contribution is 8.15. The van der Waals surface area contributed by atoms with Crippen LogP contribution in [0, 0.1) is 5.82 Å². The molecular weight excluding hydrogens is 441 g/mol. The smallest absolute Gasteiger partial charge is 0.238 e. The molecule has 2 aromatic rings. The van der Waals surface area contributed by atoms with Crippen LogP contribution in [0.15, 0.2) is 53.5 Å². The molecule has 0 spiro atoms. The van der Waals surface area contributed by atoms with Gasteiger partial charge in [-0.3, -0.25) is 14.5 Å². The maximum atomic E-state index is 13.5. The van der Waals surface area contributed by atoms with Gasteiger partial charge in [-0.05, 0) is 55.8 Å². The number of nitrogens with zero attached hydrogens (tertiary/aromatic N) is 2. The first-order valence-electron chi connectivity index (χ1n) is 11.3. The number of hydrogen-bond acceptors (Lipinski definition) is 5. The highest BCUT2D eigenvalue weighted by atomic mass is 32.2. The number of rotatable bonds is 10. The van der Waals surface area contributed by atoms with Gasteiger partial charge in [-0.25, -0.2) is 9.38 Å². The third-order valence-corrected chi connectivity index (χ3v) is 6.36. The number of hydrogen-bond donors (Lipinski definition) is 1. The van der Waals surface area contributed by atoms with Crippen molar-refractivity contribution in [1.29, 1.82) is 0 Å². The van der Waals surface area contributed by atoms with Crippen molar-refractivity contribution in [2.24, 2.45) is 4.99 Å². The molecule has 2 aromatic carbocycles. The molecular formula is C25H30FN3O3S. The van der Waals surface area contributed by atoms with Gasteiger partial charge < -0.3 is 10.1 Å². The topological polar surface area (TPSA) is 71.0 Å². The van der Waals surface area contributed by atoms with Crippen molar-refractivity contribution in [1.82, 2.24) is 4.90 Å². The predicted molar refractivity (Wildman–Crippen MR) is 132 cm³/mol. The Kier molecular flexibility index (Phi) is 9.30. The van der Waals surface area contributed by atoms with Crippen LogP contribution < -0.4 is 10.1 Å². The molecule has 1 aliphatic rings. The van der Waals surface area contributed by atoms with E-state index >= 15 is 0 Å². The SMILES string of the molecule is CCCCCCOc1ccc(NC(=O)[C@H]2CC(=O)N(CC)C(=Nc3cccc(F)c3)S2)cc1. The maximum Gasteiger partial charge on any atom is 0.238 e.